The van der Waals surface area contributed by atoms with Gasteiger partial charge >= 0.3 is 0 Å². The Morgan fingerprint density at radius 3 is 2.60 bits per heavy atom. The van der Waals surface area contributed by atoms with Gasteiger partial charge in [-0.15, -0.1) is 0 Å². The molecule has 2 N–H and O–H groups in total. The molecular weight excluding hydrogens is 320 g/mol. The number of nitrogens with zero attached hydrogens (tertiary/aromatic N) is 2. The third kappa shape index (κ3) is 3.40. The van der Waals surface area contributed by atoms with Crippen LogP contribution in [0.1, 0.15) is 20.7 Å². The summed E-state index contributed by atoms with van der Waals surface area (Å²) in [6, 6.07) is 10.1. The highest BCUT2D eigenvalue weighted by Crippen LogP contribution is 2.26. The van der Waals surface area contributed by atoms with E-state index in [9.17, 15) is 9.59 Å². The minimum Gasteiger partial charge on any atom is -0.495 e. The molecule has 1 aromatic carbocycles. The molecule has 0 fully saturated rings. The van der Waals surface area contributed by atoms with Crippen molar-refractivity contribution < 1.29 is 14.3 Å². The Bertz CT molecular complexity index is 956. The summed E-state index contributed by atoms with van der Waals surface area (Å²) >= 11 is 0. The minimum atomic E-state index is -0.368. The Balaban J connectivity index is 1.91. The first kappa shape index (κ1) is 16.4. The molecule has 0 radical (unpaired) electrons. The van der Waals surface area contributed by atoms with Crippen LogP contribution >= 0.6 is 0 Å². The SMILES string of the molecule is CNC(=O)c1ccc(OC)c(NC(=O)c2cnc3cccnc3c2)c1. The Hall–Kier alpha value is -3.48. The molecule has 3 aromatic rings. The normalized spacial score (nSPS) is 10.3. The molecule has 0 aliphatic rings. The molecule has 3 rings (SSSR count). The molecule has 0 aliphatic carbocycles. The lowest BCUT2D eigenvalue weighted by atomic mass is 10.1. The zero-order valence-electron chi connectivity index (χ0n) is 13.7. The van der Waals surface area contributed by atoms with Crippen molar-refractivity contribution in [1.82, 2.24) is 15.3 Å². The van der Waals surface area contributed by atoms with Crippen LogP contribution in [-0.2, 0) is 0 Å². The summed E-state index contributed by atoms with van der Waals surface area (Å²) in [5, 5.41) is 5.29. The van der Waals surface area contributed by atoms with Crippen molar-refractivity contribution in [1.29, 1.82) is 0 Å². The summed E-state index contributed by atoms with van der Waals surface area (Å²) in [5.41, 5.74) is 2.50. The Morgan fingerprint density at radius 1 is 1.00 bits per heavy atom. The van der Waals surface area contributed by atoms with Gasteiger partial charge in [-0.2, -0.15) is 0 Å². The van der Waals surface area contributed by atoms with E-state index in [1.165, 1.54) is 13.3 Å². The van der Waals surface area contributed by atoms with Gasteiger partial charge in [0, 0.05) is 25.0 Å². The summed E-state index contributed by atoms with van der Waals surface area (Å²) in [4.78, 5) is 32.7. The van der Waals surface area contributed by atoms with E-state index in [-0.39, 0.29) is 11.8 Å². The zero-order valence-corrected chi connectivity index (χ0v) is 13.7. The second-order valence-electron chi connectivity index (χ2n) is 5.21. The quantitative estimate of drug-likeness (QED) is 0.762. The monoisotopic (exact) mass is 336 g/mol. The fourth-order valence-corrected chi connectivity index (χ4v) is 2.36. The molecule has 0 spiro atoms. The second-order valence-corrected chi connectivity index (χ2v) is 5.21. The van der Waals surface area contributed by atoms with Crippen molar-refractivity contribution in [2.75, 3.05) is 19.5 Å². The molecule has 0 saturated carbocycles. The molecule has 0 bridgehead atoms. The number of nitrogens with one attached hydrogen (secondary N) is 2. The summed E-state index contributed by atoms with van der Waals surface area (Å²) in [6.45, 7) is 0. The van der Waals surface area contributed by atoms with Gasteiger partial charge < -0.3 is 15.4 Å². The molecule has 0 unspecified atom stereocenters. The number of hydrogen-bond donors (Lipinski definition) is 2. The maximum Gasteiger partial charge on any atom is 0.257 e. The van der Waals surface area contributed by atoms with Crippen LogP contribution in [0.15, 0.2) is 48.8 Å². The fourth-order valence-electron chi connectivity index (χ4n) is 2.36. The number of ether oxygens (including phenoxy) is 1. The number of carbonyl (C=O) groups excluding carboxylic acids is 2. The lowest BCUT2D eigenvalue weighted by Gasteiger charge is -2.12. The second kappa shape index (κ2) is 6.96. The van der Waals surface area contributed by atoms with Crippen molar-refractivity contribution in [3.8, 4) is 5.75 Å². The van der Waals surface area contributed by atoms with Crippen molar-refractivity contribution >= 4 is 28.5 Å². The molecule has 2 aromatic heterocycles. The third-order valence-corrected chi connectivity index (χ3v) is 3.65. The van der Waals surface area contributed by atoms with E-state index in [1.54, 1.807) is 43.6 Å². The van der Waals surface area contributed by atoms with Crippen LogP contribution in [0.3, 0.4) is 0 Å². The average Bonchev–Trinajstić information content (AvgIpc) is 2.66. The number of fused-ring (bicyclic) bond motifs is 1. The lowest BCUT2D eigenvalue weighted by molar-refractivity contribution is 0.0961. The van der Waals surface area contributed by atoms with Crippen LogP contribution in [0.5, 0.6) is 5.75 Å². The number of anilines is 1. The molecule has 126 valence electrons. The Kier molecular flexibility index (Phi) is 4.56. The van der Waals surface area contributed by atoms with E-state index < -0.39 is 0 Å². The number of aromatic nitrogens is 2. The molecule has 0 atom stereocenters. The number of benzene rings is 1. The molecular formula is C18H16N4O3. The van der Waals surface area contributed by atoms with E-state index in [1.807, 2.05) is 6.07 Å². The van der Waals surface area contributed by atoms with Gasteiger partial charge in [0.2, 0.25) is 0 Å². The first-order valence-corrected chi connectivity index (χ1v) is 7.54. The number of amides is 2. The molecule has 0 saturated heterocycles. The van der Waals surface area contributed by atoms with E-state index in [4.69, 9.17) is 4.74 Å². The van der Waals surface area contributed by atoms with Crippen LogP contribution in [0, 0.1) is 0 Å². The fraction of sp³-hybridized carbons (Fsp3) is 0.111. The molecule has 25 heavy (non-hydrogen) atoms. The van der Waals surface area contributed by atoms with E-state index in [0.29, 0.717) is 33.6 Å². The standard InChI is InChI=1S/C18H16N4O3/c1-19-17(23)11-5-6-16(25-2)15(8-11)22-18(24)12-9-14-13(21-10-12)4-3-7-20-14/h3-10H,1-2H3,(H,19,23)(H,22,24). The zero-order chi connectivity index (χ0) is 17.8. The van der Waals surface area contributed by atoms with Gasteiger partial charge in [0.1, 0.15) is 5.75 Å². The van der Waals surface area contributed by atoms with Crippen molar-refractivity contribution in [3.63, 3.8) is 0 Å². The predicted molar refractivity (Wildman–Crippen MR) is 93.9 cm³/mol. The minimum absolute atomic E-state index is 0.255. The van der Waals surface area contributed by atoms with E-state index in [0.717, 1.165) is 0 Å². The average molecular weight is 336 g/mol. The van der Waals surface area contributed by atoms with Crippen LogP contribution in [-0.4, -0.2) is 35.9 Å². The Morgan fingerprint density at radius 2 is 1.84 bits per heavy atom. The van der Waals surface area contributed by atoms with Crippen LogP contribution in [0.4, 0.5) is 5.69 Å². The first-order chi connectivity index (χ1) is 12.1. The largest absolute Gasteiger partial charge is 0.495 e. The van der Waals surface area contributed by atoms with Gasteiger partial charge in [0.15, 0.2) is 0 Å². The summed E-state index contributed by atoms with van der Waals surface area (Å²) < 4.78 is 5.25. The van der Waals surface area contributed by atoms with Gasteiger partial charge in [-0.1, -0.05) is 0 Å². The number of hydrogen-bond acceptors (Lipinski definition) is 5. The Labute approximate surface area is 144 Å². The van der Waals surface area contributed by atoms with Gasteiger partial charge in [-0.3, -0.25) is 19.6 Å². The highest BCUT2D eigenvalue weighted by Gasteiger charge is 2.14. The molecule has 0 aliphatic heterocycles. The van der Waals surface area contributed by atoms with Crippen LogP contribution < -0.4 is 15.4 Å². The van der Waals surface area contributed by atoms with Crippen LogP contribution in [0.25, 0.3) is 11.0 Å². The summed E-state index contributed by atoms with van der Waals surface area (Å²) in [7, 11) is 3.03. The molecule has 7 heteroatoms. The van der Waals surface area contributed by atoms with Crippen LogP contribution in [0.2, 0.25) is 0 Å². The molecule has 7 nitrogen and oxygen atoms in total. The van der Waals surface area contributed by atoms with Gasteiger partial charge in [-0.05, 0) is 36.4 Å². The maximum absolute atomic E-state index is 12.5. The predicted octanol–water partition coefficient (Wildman–Crippen LogP) is 2.25. The molecule has 2 amide bonds. The molecule has 2 heterocycles. The smallest absolute Gasteiger partial charge is 0.257 e. The van der Waals surface area contributed by atoms with Gasteiger partial charge in [-0.25, -0.2) is 0 Å². The number of carbonyl (C=O) groups is 2. The van der Waals surface area contributed by atoms with Crippen molar-refractivity contribution in [2.45, 2.75) is 0 Å². The van der Waals surface area contributed by atoms with Crippen molar-refractivity contribution in [2.24, 2.45) is 0 Å². The van der Waals surface area contributed by atoms with E-state index >= 15 is 0 Å². The third-order valence-electron chi connectivity index (χ3n) is 3.65. The van der Waals surface area contributed by atoms with Gasteiger partial charge in [0.25, 0.3) is 11.8 Å². The maximum atomic E-state index is 12.5. The summed E-state index contributed by atoms with van der Waals surface area (Å²) in [5.74, 6) is -0.171. The van der Waals surface area contributed by atoms with E-state index in [2.05, 4.69) is 20.6 Å². The highest BCUT2D eigenvalue weighted by atomic mass is 16.5. The number of pyridine rings is 2. The van der Waals surface area contributed by atoms with Gasteiger partial charge in [0.05, 0.1) is 29.4 Å². The number of methoxy groups -OCH3 is 1. The van der Waals surface area contributed by atoms with Crippen molar-refractivity contribution in [3.05, 3.63) is 59.9 Å². The highest BCUT2D eigenvalue weighted by molar-refractivity contribution is 6.07. The first-order valence-electron chi connectivity index (χ1n) is 7.54. The topological polar surface area (TPSA) is 93.2 Å². The summed E-state index contributed by atoms with van der Waals surface area (Å²) in [6.07, 6.45) is 3.12. The number of rotatable bonds is 4. The lowest BCUT2D eigenvalue weighted by Crippen LogP contribution is -2.19.